The minimum Gasteiger partial charge on any atom is -0.382 e. The molecule has 5 heteroatoms. The van der Waals surface area contributed by atoms with Crippen LogP contribution in [0.3, 0.4) is 0 Å². The van der Waals surface area contributed by atoms with E-state index in [1.54, 1.807) is 7.11 Å². The maximum Gasteiger partial charge on any atom is 0.0700 e. The van der Waals surface area contributed by atoms with Gasteiger partial charge in [0, 0.05) is 29.8 Å². The van der Waals surface area contributed by atoms with Gasteiger partial charge < -0.3 is 14.8 Å². The van der Waals surface area contributed by atoms with Gasteiger partial charge in [0.25, 0.3) is 0 Å². The van der Waals surface area contributed by atoms with Crippen molar-refractivity contribution in [2.45, 2.75) is 19.4 Å². The number of methoxy groups -OCH3 is 1. The van der Waals surface area contributed by atoms with Crippen molar-refractivity contribution in [1.29, 1.82) is 0 Å². The number of nitrogens with one attached hydrogen (secondary N) is 1. The van der Waals surface area contributed by atoms with Crippen molar-refractivity contribution in [1.82, 2.24) is 5.32 Å². The van der Waals surface area contributed by atoms with Gasteiger partial charge in [-0.1, -0.05) is 27.5 Å². The zero-order chi connectivity index (χ0) is 13.9. The Kier molecular flexibility index (Phi) is 9.47. The van der Waals surface area contributed by atoms with E-state index in [4.69, 9.17) is 21.1 Å². The molecule has 0 spiro atoms. The van der Waals surface area contributed by atoms with Crippen molar-refractivity contribution in [2.75, 3.05) is 33.5 Å². The number of rotatable bonds is 10. The average Bonchev–Trinajstić information content (AvgIpc) is 2.40. The summed E-state index contributed by atoms with van der Waals surface area (Å²) in [4.78, 5) is 0. The normalized spacial score (nSPS) is 10.9. The highest BCUT2D eigenvalue weighted by Crippen LogP contribution is 2.20. The van der Waals surface area contributed by atoms with Crippen molar-refractivity contribution < 1.29 is 9.47 Å². The smallest absolute Gasteiger partial charge is 0.0700 e. The molecule has 3 nitrogen and oxygen atoms in total. The van der Waals surface area contributed by atoms with Gasteiger partial charge in [0.05, 0.1) is 13.2 Å². The third kappa shape index (κ3) is 7.90. The van der Waals surface area contributed by atoms with Crippen LogP contribution in [0, 0.1) is 0 Å². The summed E-state index contributed by atoms with van der Waals surface area (Å²) >= 11 is 9.56. The fourth-order valence-corrected chi connectivity index (χ4v) is 2.19. The van der Waals surface area contributed by atoms with E-state index in [0.717, 1.165) is 47.6 Å². The number of hydrogen-bond donors (Lipinski definition) is 1. The predicted octanol–water partition coefficient (Wildman–Crippen LogP) is 3.64. The quantitative estimate of drug-likeness (QED) is 0.654. The van der Waals surface area contributed by atoms with Crippen molar-refractivity contribution in [3.8, 4) is 0 Å². The molecule has 0 saturated carbocycles. The number of halogens is 2. The second kappa shape index (κ2) is 10.6. The highest BCUT2D eigenvalue weighted by atomic mass is 79.9. The molecule has 0 amide bonds. The molecule has 19 heavy (non-hydrogen) atoms. The molecule has 1 N–H and O–H groups in total. The third-order valence-corrected chi connectivity index (χ3v) is 3.51. The summed E-state index contributed by atoms with van der Waals surface area (Å²) in [6.45, 7) is 3.90. The Morgan fingerprint density at radius 3 is 2.84 bits per heavy atom. The lowest BCUT2D eigenvalue weighted by Crippen LogP contribution is -2.15. The van der Waals surface area contributed by atoms with E-state index in [2.05, 4.69) is 21.2 Å². The van der Waals surface area contributed by atoms with Crippen LogP contribution in [0.25, 0.3) is 0 Å². The Balaban J connectivity index is 2.03. The first kappa shape index (κ1) is 16.9. The van der Waals surface area contributed by atoms with E-state index in [1.807, 2.05) is 18.2 Å². The van der Waals surface area contributed by atoms with E-state index in [9.17, 15) is 0 Å². The maximum absolute atomic E-state index is 6.11. The molecule has 0 unspecified atom stereocenters. The molecule has 0 aromatic heterocycles. The van der Waals surface area contributed by atoms with E-state index >= 15 is 0 Å². The van der Waals surface area contributed by atoms with Crippen LogP contribution in [-0.4, -0.2) is 33.5 Å². The second-order valence-corrected chi connectivity index (χ2v) is 5.55. The maximum atomic E-state index is 6.11. The molecule has 0 fully saturated rings. The summed E-state index contributed by atoms with van der Waals surface area (Å²) in [5.41, 5.74) is 1.12. The second-order valence-electron chi connectivity index (χ2n) is 4.22. The molecule has 0 radical (unpaired) electrons. The van der Waals surface area contributed by atoms with Gasteiger partial charge in [0.15, 0.2) is 0 Å². The van der Waals surface area contributed by atoms with Crippen LogP contribution in [-0.2, 0) is 16.0 Å². The standard InChI is InChI=1S/C14H21BrClNO2/c1-18-8-9-19-7-3-2-6-17-11-12-10-13(15)4-5-14(12)16/h4-5,10,17H,2-3,6-9,11H2,1H3. The van der Waals surface area contributed by atoms with Crippen molar-refractivity contribution in [3.05, 3.63) is 33.3 Å². The van der Waals surface area contributed by atoms with Crippen LogP contribution >= 0.6 is 27.5 Å². The Bertz CT molecular complexity index is 363. The summed E-state index contributed by atoms with van der Waals surface area (Å²) in [7, 11) is 1.68. The predicted molar refractivity (Wildman–Crippen MR) is 82.8 cm³/mol. The van der Waals surface area contributed by atoms with E-state index in [0.29, 0.717) is 13.2 Å². The number of ether oxygens (including phenoxy) is 2. The average molecular weight is 351 g/mol. The van der Waals surface area contributed by atoms with Gasteiger partial charge in [-0.15, -0.1) is 0 Å². The Morgan fingerprint density at radius 1 is 1.21 bits per heavy atom. The molecule has 0 heterocycles. The molecule has 0 bridgehead atoms. The molecule has 0 aliphatic rings. The van der Waals surface area contributed by atoms with Crippen LogP contribution < -0.4 is 5.32 Å². The lowest BCUT2D eigenvalue weighted by Gasteiger charge is -2.07. The molecule has 108 valence electrons. The SMILES string of the molecule is COCCOCCCCNCc1cc(Br)ccc1Cl. The zero-order valence-corrected chi connectivity index (χ0v) is 13.6. The van der Waals surface area contributed by atoms with Gasteiger partial charge in [-0.25, -0.2) is 0 Å². The molecule has 0 aliphatic carbocycles. The van der Waals surface area contributed by atoms with Crippen molar-refractivity contribution in [3.63, 3.8) is 0 Å². The molecule has 1 aromatic carbocycles. The lowest BCUT2D eigenvalue weighted by atomic mass is 10.2. The van der Waals surface area contributed by atoms with Gasteiger partial charge in [0.2, 0.25) is 0 Å². The molecular formula is C14H21BrClNO2. The molecule has 1 aromatic rings. The van der Waals surface area contributed by atoms with Crippen LogP contribution in [0.2, 0.25) is 5.02 Å². The number of unbranched alkanes of at least 4 members (excludes halogenated alkanes) is 1. The van der Waals surface area contributed by atoms with Gasteiger partial charge in [0.1, 0.15) is 0 Å². The third-order valence-electron chi connectivity index (χ3n) is 2.65. The summed E-state index contributed by atoms with van der Waals surface area (Å²) < 4.78 is 11.4. The monoisotopic (exact) mass is 349 g/mol. The van der Waals surface area contributed by atoms with Crippen LogP contribution in [0.4, 0.5) is 0 Å². The van der Waals surface area contributed by atoms with E-state index in [1.165, 1.54) is 0 Å². The van der Waals surface area contributed by atoms with Gasteiger partial charge >= 0.3 is 0 Å². The molecular weight excluding hydrogens is 330 g/mol. The Hall–Kier alpha value is -0.130. The minimum absolute atomic E-state index is 0.666. The highest BCUT2D eigenvalue weighted by Gasteiger charge is 2.00. The van der Waals surface area contributed by atoms with Gasteiger partial charge in [-0.3, -0.25) is 0 Å². The van der Waals surface area contributed by atoms with Crippen molar-refractivity contribution >= 4 is 27.5 Å². The first-order valence-corrected chi connectivity index (χ1v) is 7.62. The van der Waals surface area contributed by atoms with Gasteiger partial charge in [-0.2, -0.15) is 0 Å². The molecule has 0 aliphatic heterocycles. The summed E-state index contributed by atoms with van der Waals surface area (Å²) in [6.07, 6.45) is 2.15. The fourth-order valence-electron chi connectivity index (χ4n) is 1.60. The Morgan fingerprint density at radius 2 is 2.05 bits per heavy atom. The van der Waals surface area contributed by atoms with Crippen LogP contribution in [0.5, 0.6) is 0 Å². The van der Waals surface area contributed by atoms with E-state index in [-0.39, 0.29) is 0 Å². The largest absolute Gasteiger partial charge is 0.382 e. The summed E-state index contributed by atoms with van der Waals surface area (Å²) in [5.74, 6) is 0. The zero-order valence-electron chi connectivity index (χ0n) is 11.3. The fraction of sp³-hybridized carbons (Fsp3) is 0.571. The first-order valence-electron chi connectivity index (χ1n) is 6.45. The van der Waals surface area contributed by atoms with Crippen LogP contribution in [0.15, 0.2) is 22.7 Å². The summed E-state index contributed by atoms with van der Waals surface area (Å²) in [6, 6.07) is 5.90. The molecule has 1 rings (SSSR count). The molecule has 0 saturated heterocycles. The van der Waals surface area contributed by atoms with Crippen LogP contribution in [0.1, 0.15) is 18.4 Å². The highest BCUT2D eigenvalue weighted by molar-refractivity contribution is 9.10. The lowest BCUT2D eigenvalue weighted by molar-refractivity contribution is 0.0688. The minimum atomic E-state index is 0.666. The summed E-state index contributed by atoms with van der Waals surface area (Å²) in [5, 5.41) is 4.19. The number of benzene rings is 1. The topological polar surface area (TPSA) is 30.5 Å². The van der Waals surface area contributed by atoms with E-state index < -0.39 is 0 Å². The van der Waals surface area contributed by atoms with Crippen molar-refractivity contribution in [2.24, 2.45) is 0 Å². The first-order chi connectivity index (χ1) is 9.24. The Labute approximate surface area is 128 Å². The molecule has 0 atom stereocenters. The van der Waals surface area contributed by atoms with Gasteiger partial charge in [-0.05, 0) is 43.1 Å². The number of hydrogen-bond acceptors (Lipinski definition) is 3.